The standard InChI is InChI=1S/C20H38O3/c1-3-4-5-6-7-8-9-10-11-12-13-14-15-16-17-23-19-20(21)18-22-2/h5-6,11-12,20-21H,3-4,7-10,13-19H2,1-2H3/b6-5-,12-11-/t20-/m0/s1. The highest BCUT2D eigenvalue weighted by Gasteiger charge is 2.02. The van der Waals surface area contributed by atoms with Crippen LogP contribution in [0.2, 0.25) is 0 Å². The first-order valence-electron chi connectivity index (χ1n) is 9.36. The molecule has 0 saturated heterocycles. The molecule has 0 aromatic rings. The summed E-state index contributed by atoms with van der Waals surface area (Å²) in [6.07, 6.45) is 20.9. The molecule has 0 heterocycles. The van der Waals surface area contributed by atoms with Gasteiger partial charge in [-0.1, -0.05) is 44.1 Å². The van der Waals surface area contributed by atoms with Gasteiger partial charge < -0.3 is 14.6 Å². The lowest BCUT2D eigenvalue weighted by Crippen LogP contribution is -2.21. The van der Waals surface area contributed by atoms with Crippen LogP contribution in [0.15, 0.2) is 24.3 Å². The largest absolute Gasteiger partial charge is 0.388 e. The minimum absolute atomic E-state index is 0.347. The van der Waals surface area contributed by atoms with Gasteiger partial charge in [0.05, 0.1) is 13.2 Å². The number of ether oxygens (including phenoxy) is 2. The molecule has 1 atom stereocenters. The molecule has 0 amide bonds. The first kappa shape index (κ1) is 22.4. The molecule has 23 heavy (non-hydrogen) atoms. The molecule has 0 saturated carbocycles. The quantitative estimate of drug-likeness (QED) is 0.300. The van der Waals surface area contributed by atoms with Gasteiger partial charge in [-0.15, -0.1) is 0 Å². The van der Waals surface area contributed by atoms with Crippen LogP contribution in [0.1, 0.15) is 71.1 Å². The van der Waals surface area contributed by atoms with Crippen LogP contribution in [0, 0.1) is 0 Å². The minimum Gasteiger partial charge on any atom is -0.388 e. The zero-order valence-electron chi connectivity index (χ0n) is 15.3. The van der Waals surface area contributed by atoms with Gasteiger partial charge in [0.2, 0.25) is 0 Å². The Bertz CT molecular complexity index is 274. The van der Waals surface area contributed by atoms with Crippen LogP contribution in [-0.4, -0.2) is 38.1 Å². The van der Waals surface area contributed by atoms with Gasteiger partial charge in [0.1, 0.15) is 6.10 Å². The van der Waals surface area contributed by atoms with Gasteiger partial charge >= 0.3 is 0 Å². The van der Waals surface area contributed by atoms with Gasteiger partial charge in [-0.2, -0.15) is 0 Å². The maximum atomic E-state index is 9.40. The Morgan fingerprint density at radius 3 is 1.91 bits per heavy atom. The molecular formula is C20H38O3. The van der Waals surface area contributed by atoms with Crippen LogP contribution in [0.3, 0.4) is 0 Å². The highest BCUT2D eigenvalue weighted by molar-refractivity contribution is 4.83. The van der Waals surface area contributed by atoms with Crippen molar-refractivity contribution in [1.29, 1.82) is 0 Å². The van der Waals surface area contributed by atoms with Crippen LogP contribution < -0.4 is 0 Å². The van der Waals surface area contributed by atoms with Crippen molar-refractivity contribution in [2.24, 2.45) is 0 Å². The van der Waals surface area contributed by atoms with Crippen LogP contribution in [0.4, 0.5) is 0 Å². The Labute approximate surface area is 143 Å². The van der Waals surface area contributed by atoms with Crippen LogP contribution in [-0.2, 0) is 9.47 Å². The van der Waals surface area contributed by atoms with Crippen molar-refractivity contribution in [1.82, 2.24) is 0 Å². The van der Waals surface area contributed by atoms with E-state index in [2.05, 4.69) is 31.2 Å². The molecule has 0 aliphatic heterocycles. The average Bonchev–Trinajstić information content (AvgIpc) is 2.54. The molecule has 136 valence electrons. The average molecular weight is 327 g/mol. The lowest BCUT2D eigenvalue weighted by Gasteiger charge is -2.09. The second-order valence-corrected chi connectivity index (χ2v) is 6.05. The summed E-state index contributed by atoms with van der Waals surface area (Å²) in [5.74, 6) is 0. The fourth-order valence-corrected chi connectivity index (χ4v) is 2.27. The number of aliphatic hydroxyl groups excluding tert-OH is 1. The molecule has 0 unspecified atom stereocenters. The third-order valence-electron chi connectivity index (χ3n) is 3.61. The zero-order valence-corrected chi connectivity index (χ0v) is 15.3. The smallest absolute Gasteiger partial charge is 0.101 e. The molecule has 3 nitrogen and oxygen atoms in total. The van der Waals surface area contributed by atoms with E-state index in [4.69, 9.17) is 9.47 Å². The number of hydrogen-bond acceptors (Lipinski definition) is 3. The van der Waals surface area contributed by atoms with Gasteiger partial charge in [-0.05, 0) is 51.4 Å². The van der Waals surface area contributed by atoms with Crippen molar-refractivity contribution in [2.45, 2.75) is 77.2 Å². The number of allylic oxidation sites excluding steroid dienone is 4. The van der Waals surface area contributed by atoms with E-state index in [1.54, 1.807) is 7.11 Å². The Balaban J connectivity index is 3.17. The third-order valence-corrected chi connectivity index (χ3v) is 3.61. The van der Waals surface area contributed by atoms with Gasteiger partial charge in [0.25, 0.3) is 0 Å². The van der Waals surface area contributed by atoms with Crippen LogP contribution >= 0.6 is 0 Å². The Kier molecular flexibility index (Phi) is 18.9. The zero-order chi connectivity index (χ0) is 17.0. The first-order valence-corrected chi connectivity index (χ1v) is 9.36. The summed E-state index contributed by atoms with van der Waals surface area (Å²) in [4.78, 5) is 0. The Morgan fingerprint density at radius 2 is 1.35 bits per heavy atom. The summed E-state index contributed by atoms with van der Waals surface area (Å²) in [6, 6.07) is 0. The molecule has 1 N–H and O–H groups in total. The van der Waals surface area contributed by atoms with Gasteiger partial charge in [-0.25, -0.2) is 0 Å². The van der Waals surface area contributed by atoms with Gasteiger partial charge in [-0.3, -0.25) is 0 Å². The molecule has 0 bridgehead atoms. The molecule has 0 aromatic heterocycles. The van der Waals surface area contributed by atoms with E-state index < -0.39 is 6.10 Å². The molecule has 0 aliphatic carbocycles. The second-order valence-electron chi connectivity index (χ2n) is 6.05. The number of methoxy groups -OCH3 is 1. The Morgan fingerprint density at radius 1 is 0.783 bits per heavy atom. The predicted molar refractivity (Wildman–Crippen MR) is 98.8 cm³/mol. The van der Waals surface area contributed by atoms with E-state index in [-0.39, 0.29) is 0 Å². The topological polar surface area (TPSA) is 38.7 Å². The maximum absolute atomic E-state index is 9.40. The summed E-state index contributed by atoms with van der Waals surface area (Å²) >= 11 is 0. The maximum Gasteiger partial charge on any atom is 0.101 e. The summed E-state index contributed by atoms with van der Waals surface area (Å²) in [7, 11) is 1.58. The fourth-order valence-electron chi connectivity index (χ4n) is 2.27. The molecule has 0 aromatic carbocycles. The molecule has 0 fully saturated rings. The normalized spacial score (nSPS) is 13.3. The van der Waals surface area contributed by atoms with Crippen molar-refractivity contribution in [3.63, 3.8) is 0 Å². The van der Waals surface area contributed by atoms with E-state index in [0.717, 1.165) is 13.0 Å². The summed E-state index contributed by atoms with van der Waals surface area (Å²) < 4.78 is 10.2. The van der Waals surface area contributed by atoms with E-state index in [1.807, 2.05) is 0 Å². The van der Waals surface area contributed by atoms with Crippen molar-refractivity contribution >= 4 is 0 Å². The van der Waals surface area contributed by atoms with E-state index in [0.29, 0.717) is 13.2 Å². The third kappa shape index (κ3) is 19.3. The van der Waals surface area contributed by atoms with Crippen molar-refractivity contribution < 1.29 is 14.6 Å². The van der Waals surface area contributed by atoms with Gasteiger partial charge in [0.15, 0.2) is 0 Å². The van der Waals surface area contributed by atoms with Crippen molar-refractivity contribution in [3.05, 3.63) is 24.3 Å². The number of aliphatic hydroxyl groups is 1. The van der Waals surface area contributed by atoms with E-state index in [9.17, 15) is 5.11 Å². The lowest BCUT2D eigenvalue weighted by atomic mass is 10.1. The molecule has 0 rings (SSSR count). The van der Waals surface area contributed by atoms with E-state index >= 15 is 0 Å². The summed E-state index contributed by atoms with van der Waals surface area (Å²) in [5.41, 5.74) is 0. The van der Waals surface area contributed by atoms with Crippen molar-refractivity contribution in [3.8, 4) is 0 Å². The second kappa shape index (κ2) is 19.4. The first-order chi connectivity index (χ1) is 11.3. The highest BCUT2D eigenvalue weighted by Crippen LogP contribution is 2.05. The molecule has 0 spiro atoms. The number of rotatable bonds is 17. The number of hydrogen-bond donors (Lipinski definition) is 1. The molecule has 3 heteroatoms. The molecule has 0 aliphatic rings. The number of unbranched alkanes of at least 4 members (excludes halogenated alkanes) is 7. The molecular weight excluding hydrogens is 288 g/mol. The van der Waals surface area contributed by atoms with Gasteiger partial charge in [0, 0.05) is 13.7 Å². The fraction of sp³-hybridized carbons (Fsp3) is 0.800. The minimum atomic E-state index is -0.495. The van der Waals surface area contributed by atoms with Crippen LogP contribution in [0.25, 0.3) is 0 Å². The predicted octanol–water partition coefficient (Wildman–Crippen LogP) is 5.04. The summed E-state index contributed by atoms with van der Waals surface area (Å²) in [5, 5.41) is 9.40. The summed E-state index contributed by atoms with van der Waals surface area (Å²) in [6.45, 7) is 3.67. The lowest BCUT2D eigenvalue weighted by molar-refractivity contribution is -0.00681. The van der Waals surface area contributed by atoms with Crippen molar-refractivity contribution in [2.75, 3.05) is 26.9 Å². The van der Waals surface area contributed by atoms with Crippen LogP contribution in [0.5, 0.6) is 0 Å². The molecule has 0 radical (unpaired) electrons. The SMILES string of the molecule is CCC/C=C\CCCC/C=C\CCCCCOC[C@@H](O)COC. The monoisotopic (exact) mass is 326 g/mol. The van der Waals surface area contributed by atoms with E-state index in [1.165, 1.54) is 57.8 Å². The Hall–Kier alpha value is -0.640. The highest BCUT2D eigenvalue weighted by atomic mass is 16.5.